The minimum Gasteiger partial charge on any atom is -0.490 e. The van der Waals surface area contributed by atoms with Gasteiger partial charge in [-0.15, -0.1) is 0 Å². The predicted molar refractivity (Wildman–Crippen MR) is 169 cm³/mol. The molecule has 7 heteroatoms. The average molecular weight is 589 g/mol. The largest absolute Gasteiger partial charge is 0.490 e. The van der Waals surface area contributed by atoms with E-state index in [0.717, 1.165) is 23.1 Å². The first kappa shape index (κ1) is 30.2. The summed E-state index contributed by atoms with van der Waals surface area (Å²) in [5.41, 5.74) is 9.72. The van der Waals surface area contributed by atoms with E-state index in [9.17, 15) is 10.1 Å². The Morgan fingerprint density at radius 3 is 2.20 bits per heavy atom. The molecule has 0 saturated carbocycles. The van der Waals surface area contributed by atoms with E-state index in [-0.39, 0.29) is 11.5 Å². The summed E-state index contributed by atoms with van der Waals surface area (Å²) in [5, 5.41) is 10.1. The normalized spacial score (nSPS) is 14.0. The number of benzene rings is 4. The van der Waals surface area contributed by atoms with Crippen LogP contribution in [0.1, 0.15) is 61.3 Å². The number of carbonyl (C=O) groups is 1. The molecule has 1 aliphatic heterocycles. The van der Waals surface area contributed by atoms with E-state index >= 15 is 0 Å². The van der Waals surface area contributed by atoms with Gasteiger partial charge in [0, 0.05) is 11.6 Å². The summed E-state index contributed by atoms with van der Waals surface area (Å²) in [4.78, 5) is 13.6. The van der Waals surface area contributed by atoms with Crippen LogP contribution in [0.3, 0.4) is 0 Å². The van der Waals surface area contributed by atoms with Gasteiger partial charge in [0.1, 0.15) is 29.1 Å². The molecule has 2 N–H and O–H groups in total. The van der Waals surface area contributed by atoms with Gasteiger partial charge in [0.2, 0.25) is 5.88 Å². The molecule has 0 amide bonds. The zero-order valence-electron chi connectivity index (χ0n) is 25.2. The van der Waals surface area contributed by atoms with Gasteiger partial charge >= 0.3 is 5.97 Å². The van der Waals surface area contributed by atoms with Gasteiger partial charge in [0.25, 0.3) is 0 Å². The lowest BCUT2D eigenvalue weighted by Gasteiger charge is -2.27. The maximum atomic E-state index is 13.6. The van der Waals surface area contributed by atoms with Crippen molar-refractivity contribution in [1.29, 1.82) is 5.26 Å². The minimum absolute atomic E-state index is 0.00450. The Balaban J connectivity index is 1.46. The number of nitrogens with zero attached hydrogens (tertiary/aromatic N) is 1. The topological polar surface area (TPSA) is 104 Å². The van der Waals surface area contributed by atoms with Crippen molar-refractivity contribution in [2.75, 3.05) is 13.2 Å². The molecule has 1 atom stereocenters. The van der Waals surface area contributed by atoms with E-state index in [2.05, 4.69) is 19.9 Å². The van der Waals surface area contributed by atoms with Crippen molar-refractivity contribution in [3.63, 3.8) is 0 Å². The second-order valence-corrected chi connectivity index (χ2v) is 11.0. The van der Waals surface area contributed by atoms with Crippen molar-refractivity contribution in [2.45, 2.75) is 39.0 Å². The standard InChI is InChI=1S/C37H36N2O5/c1-4-41-33-21-27(15-18-31(33)42-20-19-24(2)3)35-29-17-16-28(22-32(29)44-36(39)30(35)23-38)43-37(40)34(25-11-7-5-8-12-25)26-13-9-6-10-14-26/h5-18,21-22,24,34-35H,4,19-20,39H2,1-3H3. The molecular weight excluding hydrogens is 552 g/mol. The lowest BCUT2D eigenvalue weighted by Crippen LogP contribution is -2.22. The second kappa shape index (κ2) is 13.8. The number of fused-ring (bicyclic) bond motifs is 1. The van der Waals surface area contributed by atoms with Crippen LogP contribution in [0.25, 0.3) is 0 Å². The van der Waals surface area contributed by atoms with E-state index in [1.165, 1.54) is 0 Å². The molecule has 224 valence electrons. The number of nitriles is 1. The van der Waals surface area contributed by atoms with Crippen LogP contribution in [0.4, 0.5) is 0 Å². The third-order valence-corrected chi connectivity index (χ3v) is 7.46. The molecule has 0 fully saturated rings. The van der Waals surface area contributed by atoms with Crippen LogP contribution in [0, 0.1) is 17.2 Å². The van der Waals surface area contributed by atoms with Gasteiger partial charge in [-0.2, -0.15) is 5.26 Å². The molecule has 4 aromatic rings. The summed E-state index contributed by atoms with van der Waals surface area (Å²) in [5.74, 6) is 0.907. The molecule has 0 bridgehead atoms. The number of allylic oxidation sites excluding steroid dienone is 1. The zero-order valence-corrected chi connectivity index (χ0v) is 25.2. The highest BCUT2D eigenvalue weighted by atomic mass is 16.5. The van der Waals surface area contributed by atoms with Gasteiger partial charge in [0.05, 0.1) is 19.1 Å². The molecule has 0 radical (unpaired) electrons. The molecule has 0 spiro atoms. The van der Waals surface area contributed by atoms with E-state index in [1.54, 1.807) is 18.2 Å². The van der Waals surface area contributed by atoms with Crippen molar-refractivity contribution < 1.29 is 23.7 Å². The van der Waals surface area contributed by atoms with Crippen molar-refractivity contribution >= 4 is 5.97 Å². The quantitative estimate of drug-likeness (QED) is 0.143. The van der Waals surface area contributed by atoms with Crippen LogP contribution in [-0.4, -0.2) is 19.2 Å². The van der Waals surface area contributed by atoms with Gasteiger partial charge < -0.3 is 24.7 Å². The Bertz CT molecular complexity index is 1640. The fraction of sp³-hybridized carbons (Fsp3) is 0.243. The van der Waals surface area contributed by atoms with Crippen LogP contribution in [0.2, 0.25) is 0 Å². The fourth-order valence-electron chi connectivity index (χ4n) is 5.27. The third-order valence-electron chi connectivity index (χ3n) is 7.46. The smallest absolute Gasteiger partial charge is 0.323 e. The number of ether oxygens (including phenoxy) is 4. The Morgan fingerprint density at radius 2 is 1.59 bits per heavy atom. The molecule has 4 aromatic carbocycles. The number of hydrogen-bond acceptors (Lipinski definition) is 7. The summed E-state index contributed by atoms with van der Waals surface area (Å²) in [6.45, 7) is 7.24. The Kier molecular flexibility index (Phi) is 9.51. The van der Waals surface area contributed by atoms with Gasteiger partial charge in [-0.1, -0.05) is 86.6 Å². The second-order valence-electron chi connectivity index (χ2n) is 11.0. The molecule has 1 unspecified atom stereocenters. The number of rotatable bonds is 11. The Morgan fingerprint density at radius 1 is 0.909 bits per heavy atom. The van der Waals surface area contributed by atoms with E-state index in [0.29, 0.717) is 47.7 Å². The highest BCUT2D eigenvalue weighted by Gasteiger charge is 2.32. The molecule has 0 saturated heterocycles. The van der Waals surface area contributed by atoms with Gasteiger partial charge in [-0.25, -0.2) is 0 Å². The first-order valence-electron chi connectivity index (χ1n) is 14.8. The Hall–Kier alpha value is -5.22. The van der Waals surface area contributed by atoms with Crippen LogP contribution < -0.4 is 24.7 Å². The summed E-state index contributed by atoms with van der Waals surface area (Å²) in [7, 11) is 0. The lowest BCUT2D eigenvalue weighted by atomic mass is 9.83. The van der Waals surface area contributed by atoms with Crippen molar-refractivity contribution in [1.82, 2.24) is 0 Å². The van der Waals surface area contributed by atoms with Crippen molar-refractivity contribution in [3.05, 3.63) is 131 Å². The first-order valence-corrected chi connectivity index (χ1v) is 14.8. The monoisotopic (exact) mass is 588 g/mol. The Labute approximate surface area is 258 Å². The predicted octanol–water partition coefficient (Wildman–Crippen LogP) is 7.47. The van der Waals surface area contributed by atoms with Gasteiger partial charge in [-0.3, -0.25) is 4.79 Å². The van der Waals surface area contributed by atoms with Crippen LogP contribution >= 0.6 is 0 Å². The summed E-state index contributed by atoms with van der Waals surface area (Å²) < 4.78 is 23.8. The van der Waals surface area contributed by atoms with Crippen molar-refractivity contribution in [3.8, 4) is 29.1 Å². The first-order chi connectivity index (χ1) is 21.4. The van der Waals surface area contributed by atoms with E-state index in [1.807, 2.05) is 85.8 Å². The van der Waals surface area contributed by atoms with Gasteiger partial charge in [-0.05, 0) is 54.2 Å². The fourth-order valence-corrected chi connectivity index (χ4v) is 5.27. The number of hydrogen-bond donors (Lipinski definition) is 1. The molecule has 5 rings (SSSR count). The molecule has 1 aliphatic rings. The maximum absolute atomic E-state index is 13.6. The van der Waals surface area contributed by atoms with Crippen LogP contribution in [-0.2, 0) is 4.79 Å². The van der Waals surface area contributed by atoms with Gasteiger partial charge in [0.15, 0.2) is 11.5 Å². The molecule has 0 aliphatic carbocycles. The molecule has 1 heterocycles. The van der Waals surface area contributed by atoms with Crippen LogP contribution in [0.15, 0.2) is 109 Å². The summed E-state index contributed by atoms with van der Waals surface area (Å²) in [6, 6.07) is 32.1. The highest BCUT2D eigenvalue weighted by molar-refractivity contribution is 5.84. The number of nitrogens with two attached hydrogens (primary N) is 1. The zero-order chi connectivity index (χ0) is 31.1. The molecule has 0 aromatic heterocycles. The molecular formula is C37H36N2O5. The summed E-state index contributed by atoms with van der Waals surface area (Å²) in [6.07, 6.45) is 0.920. The van der Waals surface area contributed by atoms with Crippen molar-refractivity contribution in [2.24, 2.45) is 11.7 Å². The summed E-state index contributed by atoms with van der Waals surface area (Å²) >= 11 is 0. The SMILES string of the molecule is CCOc1cc(C2C(C#N)=C(N)Oc3cc(OC(=O)C(c4ccccc4)c4ccccc4)ccc32)ccc1OCCC(C)C. The minimum atomic E-state index is -0.615. The van der Waals surface area contributed by atoms with E-state index in [4.69, 9.17) is 24.7 Å². The molecule has 7 nitrogen and oxygen atoms in total. The lowest BCUT2D eigenvalue weighted by molar-refractivity contribution is -0.135. The highest BCUT2D eigenvalue weighted by Crippen LogP contribution is 2.45. The number of esters is 1. The average Bonchev–Trinajstić information content (AvgIpc) is 3.02. The van der Waals surface area contributed by atoms with E-state index < -0.39 is 17.8 Å². The van der Waals surface area contributed by atoms with Crippen LogP contribution in [0.5, 0.6) is 23.0 Å². The molecule has 44 heavy (non-hydrogen) atoms. The number of carbonyl (C=O) groups excluding carboxylic acids is 1. The maximum Gasteiger partial charge on any atom is 0.323 e. The third kappa shape index (κ3) is 6.71.